The van der Waals surface area contributed by atoms with Gasteiger partial charge < -0.3 is 4.90 Å². The van der Waals surface area contributed by atoms with E-state index in [1.807, 2.05) is 11.0 Å². The van der Waals surface area contributed by atoms with Gasteiger partial charge in [0.25, 0.3) is 0 Å². The lowest BCUT2D eigenvalue weighted by atomic mass is 10.1. The average molecular weight is 217 g/mol. The van der Waals surface area contributed by atoms with Crippen LogP contribution in [0.5, 0.6) is 0 Å². The Morgan fingerprint density at radius 1 is 1.31 bits per heavy atom. The summed E-state index contributed by atoms with van der Waals surface area (Å²) >= 11 is 0. The Bertz CT molecular complexity index is 347. The van der Waals surface area contributed by atoms with Crippen molar-refractivity contribution in [2.24, 2.45) is 0 Å². The monoisotopic (exact) mass is 217 g/mol. The fourth-order valence-electron chi connectivity index (χ4n) is 2.31. The standard InChI is InChI=1S/C14H19NO/c1-12(15-11-5-8-14(15)16)9-10-13-6-3-2-4-7-13/h2-4,6-7,12H,5,8-11H2,1H3. The molecular formula is C14H19NO. The zero-order valence-electron chi connectivity index (χ0n) is 9.86. The minimum atomic E-state index is 0.334. The summed E-state index contributed by atoms with van der Waals surface area (Å²) in [5.41, 5.74) is 1.36. The molecule has 1 aromatic carbocycles. The summed E-state index contributed by atoms with van der Waals surface area (Å²) in [6.07, 6.45) is 3.91. The van der Waals surface area contributed by atoms with Crippen LogP contribution in [0.25, 0.3) is 0 Å². The first-order valence-electron chi connectivity index (χ1n) is 6.11. The Balaban J connectivity index is 1.84. The van der Waals surface area contributed by atoms with Gasteiger partial charge in [-0.25, -0.2) is 0 Å². The molecule has 0 aromatic heterocycles. The van der Waals surface area contributed by atoms with Gasteiger partial charge in [-0.15, -0.1) is 0 Å². The van der Waals surface area contributed by atoms with Crippen LogP contribution in [0, 0.1) is 0 Å². The van der Waals surface area contributed by atoms with Crippen molar-refractivity contribution in [3.05, 3.63) is 35.9 Å². The number of rotatable bonds is 4. The molecule has 1 fully saturated rings. The molecule has 1 aromatic rings. The summed E-state index contributed by atoms with van der Waals surface area (Å²) in [5.74, 6) is 0.334. The number of likely N-dealkylation sites (tertiary alicyclic amines) is 1. The summed E-state index contributed by atoms with van der Waals surface area (Å²) in [4.78, 5) is 13.6. The maximum atomic E-state index is 11.6. The van der Waals surface area contributed by atoms with Crippen molar-refractivity contribution >= 4 is 5.91 Å². The van der Waals surface area contributed by atoms with E-state index in [1.165, 1.54) is 5.56 Å². The molecule has 2 nitrogen and oxygen atoms in total. The van der Waals surface area contributed by atoms with Crippen LogP contribution < -0.4 is 0 Å². The van der Waals surface area contributed by atoms with Gasteiger partial charge in [0.2, 0.25) is 5.91 Å². The van der Waals surface area contributed by atoms with E-state index in [-0.39, 0.29) is 0 Å². The van der Waals surface area contributed by atoms with Crippen LogP contribution in [0.3, 0.4) is 0 Å². The number of carbonyl (C=O) groups excluding carboxylic acids is 1. The molecule has 2 rings (SSSR count). The number of hydrogen-bond acceptors (Lipinski definition) is 1. The van der Waals surface area contributed by atoms with Crippen LogP contribution in [0.1, 0.15) is 31.7 Å². The molecule has 0 N–H and O–H groups in total. The Kier molecular flexibility index (Phi) is 3.60. The maximum Gasteiger partial charge on any atom is 0.222 e. The molecule has 1 amide bonds. The summed E-state index contributed by atoms with van der Waals surface area (Å²) < 4.78 is 0. The normalized spacial score (nSPS) is 17.8. The zero-order chi connectivity index (χ0) is 11.4. The first kappa shape index (κ1) is 11.2. The van der Waals surface area contributed by atoms with E-state index in [1.54, 1.807) is 0 Å². The first-order chi connectivity index (χ1) is 7.77. The SMILES string of the molecule is CC(CCc1ccccc1)N1CCCC1=O. The highest BCUT2D eigenvalue weighted by molar-refractivity contribution is 5.78. The zero-order valence-corrected chi connectivity index (χ0v) is 9.86. The van der Waals surface area contributed by atoms with Gasteiger partial charge in [0.05, 0.1) is 0 Å². The summed E-state index contributed by atoms with van der Waals surface area (Å²) in [7, 11) is 0. The van der Waals surface area contributed by atoms with E-state index in [2.05, 4.69) is 31.2 Å². The topological polar surface area (TPSA) is 20.3 Å². The van der Waals surface area contributed by atoms with Gasteiger partial charge in [0.15, 0.2) is 0 Å². The lowest BCUT2D eigenvalue weighted by Gasteiger charge is -2.24. The van der Waals surface area contributed by atoms with E-state index < -0.39 is 0 Å². The molecule has 0 radical (unpaired) electrons. The molecular weight excluding hydrogens is 198 g/mol. The van der Waals surface area contributed by atoms with Crippen molar-refractivity contribution in [3.8, 4) is 0 Å². The summed E-state index contributed by atoms with van der Waals surface area (Å²) in [6.45, 7) is 3.11. The van der Waals surface area contributed by atoms with Gasteiger partial charge >= 0.3 is 0 Å². The maximum absolute atomic E-state index is 11.6. The fourth-order valence-corrected chi connectivity index (χ4v) is 2.31. The summed E-state index contributed by atoms with van der Waals surface area (Å²) in [5, 5.41) is 0. The molecule has 0 aliphatic carbocycles. The van der Waals surface area contributed by atoms with Crippen LogP contribution in [-0.4, -0.2) is 23.4 Å². The molecule has 1 aliphatic heterocycles. The van der Waals surface area contributed by atoms with Crippen molar-refractivity contribution < 1.29 is 4.79 Å². The molecule has 1 saturated heterocycles. The van der Waals surface area contributed by atoms with Crippen LogP contribution in [-0.2, 0) is 11.2 Å². The predicted octanol–water partition coefficient (Wildman–Crippen LogP) is 2.63. The molecule has 16 heavy (non-hydrogen) atoms. The highest BCUT2D eigenvalue weighted by Crippen LogP contribution is 2.17. The van der Waals surface area contributed by atoms with Crippen LogP contribution in [0.15, 0.2) is 30.3 Å². The van der Waals surface area contributed by atoms with Gasteiger partial charge in [-0.2, -0.15) is 0 Å². The Hall–Kier alpha value is -1.31. The number of carbonyl (C=O) groups is 1. The van der Waals surface area contributed by atoms with Gasteiger partial charge in [-0.3, -0.25) is 4.79 Å². The highest BCUT2D eigenvalue weighted by atomic mass is 16.2. The Morgan fingerprint density at radius 3 is 2.69 bits per heavy atom. The van der Waals surface area contributed by atoms with Crippen molar-refractivity contribution in [2.45, 2.75) is 38.6 Å². The molecule has 2 heteroatoms. The lowest BCUT2D eigenvalue weighted by molar-refractivity contribution is -0.129. The van der Waals surface area contributed by atoms with Crippen molar-refractivity contribution in [2.75, 3.05) is 6.54 Å². The third-order valence-corrected chi connectivity index (χ3v) is 3.34. The Morgan fingerprint density at radius 2 is 2.06 bits per heavy atom. The van der Waals surface area contributed by atoms with Crippen molar-refractivity contribution in [1.29, 1.82) is 0 Å². The van der Waals surface area contributed by atoms with Gasteiger partial charge in [-0.1, -0.05) is 30.3 Å². The van der Waals surface area contributed by atoms with Gasteiger partial charge in [0.1, 0.15) is 0 Å². The predicted molar refractivity (Wildman–Crippen MR) is 65.2 cm³/mol. The van der Waals surface area contributed by atoms with Crippen molar-refractivity contribution in [1.82, 2.24) is 4.90 Å². The van der Waals surface area contributed by atoms with E-state index in [4.69, 9.17) is 0 Å². The molecule has 0 spiro atoms. The van der Waals surface area contributed by atoms with E-state index in [0.29, 0.717) is 11.9 Å². The smallest absolute Gasteiger partial charge is 0.222 e. The number of hydrogen-bond donors (Lipinski definition) is 0. The number of benzene rings is 1. The number of amides is 1. The lowest BCUT2D eigenvalue weighted by Crippen LogP contribution is -2.34. The molecule has 86 valence electrons. The second-order valence-corrected chi connectivity index (χ2v) is 4.56. The first-order valence-corrected chi connectivity index (χ1v) is 6.11. The number of nitrogens with zero attached hydrogens (tertiary/aromatic N) is 1. The van der Waals surface area contributed by atoms with Crippen LogP contribution in [0.2, 0.25) is 0 Å². The fraction of sp³-hybridized carbons (Fsp3) is 0.500. The second-order valence-electron chi connectivity index (χ2n) is 4.56. The Labute approximate surface area is 97.3 Å². The third kappa shape index (κ3) is 2.63. The van der Waals surface area contributed by atoms with Crippen LogP contribution >= 0.6 is 0 Å². The molecule has 1 heterocycles. The van der Waals surface area contributed by atoms with Gasteiger partial charge in [0, 0.05) is 19.0 Å². The molecule has 1 atom stereocenters. The summed E-state index contributed by atoms with van der Waals surface area (Å²) in [6, 6.07) is 10.9. The van der Waals surface area contributed by atoms with Gasteiger partial charge in [-0.05, 0) is 31.7 Å². The highest BCUT2D eigenvalue weighted by Gasteiger charge is 2.24. The number of aryl methyl sites for hydroxylation is 1. The average Bonchev–Trinajstić information content (AvgIpc) is 2.74. The quantitative estimate of drug-likeness (QED) is 0.759. The largest absolute Gasteiger partial charge is 0.340 e. The van der Waals surface area contributed by atoms with E-state index in [0.717, 1.165) is 32.2 Å². The molecule has 0 bridgehead atoms. The third-order valence-electron chi connectivity index (χ3n) is 3.34. The molecule has 1 aliphatic rings. The van der Waals surface area contributed by atoms with Crippen LogP contribution in [0.4, 0.5) is 0 Å². The minimum absolute atomic E-state index is 0.334. The second kappa shape index (κ2) is 5.15. The van der Waals surface area contributed by atoms with Crippen molar-refractivity contribution in [3.63, 3.8) is 0 Å². The van der Waals surface area contributed by atoms with E-state index >= 15 is 0 Å². The van der Waals surface area contributed by atoms with E-state index in [9.17, 15) is 4.79 Å². The molecule has 1 unspecified atom stereocenters. The molecule has 0 saturated carbocycles. The minimum Gasteiger partial charge on any atom is -0.340 e.